The Morgan fingerprint density at radius 2 is 2.14 bits per heavy atom. The largest absolute Gasteiger partial charge is 0.379 e. The molecule has 2 saturated heterocycles. The van der Waals surface area contributed by atoms with Crippen LogP contribution in [0.25, 0.3) is 0 Å². The third kappa shape index (κ3) is 3.60. The number of nitrogens with zero attached hydrogens (tertiary/aromatic N) is 3. The molecular formula is C16H23N3O2. The molecule has 5 heteroatoms. The standard InChI is InChI=1S/C16H23N3O2/c1-13-2-3-14(11-17-13)10-16(20)19-5-4-15(12-19)18-6-8-21-9-7-18/h2-3,11,15H,4-10,12H2,1H3. The third-order valence-corrected chi connectivity index (χ3v) is 4.41. The zero-order valence-electron chi connectivity index (χ0n) is 12.6. The highest BCUT2D eigenvalue weighted by atomic mass is 16.5. The van der Waals surface area contributed by atoms with Crippen LogP contribution < -0.4 is 0 Å². The van der Waals surface area contributed by atoms with Crippen molar-refractivity contribution in [3.63, 3.8) is 0 Å². The van der Waals surface area contributed by atoms with Crippen LogP contribution in [0.4, 0.5) is 0 Å². The molecule has 0 aliphatic carbocycles. The van der Waals surface area contributed by atoms with E-state index < -0.39 is 0 Å². The van der Waals surface area contributed by atoms with Gasteiger partial charge in [0.05, 0.1) is 19.6 Å². The third-order valence-electron chi connectivity index (χ3n) is 4.41. The normalized spacial score (nSPS) is 23.5. The van der Waals surface area contributed by atoms with Gasteiger partial charge in [-0.3, -0.25) is 14.7 Å². The van der Waals surface area contributed by atoms with Gasteiger partial charge in [-0.1, -0.05) is 6.07 Å². The summed E-state index contributed by atoms with van der Waals surface area (Å²) < 4.78 is 5.39. The maximum Gasteiger partial charge on any atom is 0.227 e. The van der Waals surface area contributed by atoms with Crippen LogP contribution in [0.1, 0.15) is 17.7 Å². The molecule has 2 aliphatic rings. The van der Waals surface area contributed by atoms with E-state index in [9.17, 15) is 4.79 Å². The summed E-state index contributed by atoms with van der Waals surface area (Å²) in [6.45, 7) is 7.32. The smallest absolute Gasteiger partial charge is 0.227 e. The number of carbonyl (C=O) groups excluding carboxylic acids is 1. The zero-order valence-corrected chi connectivity index (χ0v) is 12.6. The Bertz CT molecular complexity index is 483. The Kier molecular flexibility index (Phi) is 4.51. The molecule has 3 rings (SSSR count). The molecule has 1 amide bonds. The van der Waals surface area contributed by atoms with Gasteiger partial charge in [0.25, 0.3) is 0 Å². The summed E-state index contributed by atoms with van der Waals surface area (Å²) in [6.07, 6.45) is 3.35. The van der Waals surface area contributed by atoms with E-state index in [1.54, 1.807) is 0 Å². The van der Waals surface area contributed by atoms with Gasteiger partial charge in [-0.05, 0) is 25.0 Å². The van der Waals surface area contributed by atoms with Crippen molar-refractivity contribution in [2.24, 2.45) is 0 Å². The van der Waals surface area contributed by atoms with Crippen LogP contribution >= 0.6 is 0 Å². The number of aromatic nitrogens is 1. The van der Waals surface area contributed by atoms with Crippen molar-refractivity contribution in [2.45, 2.75) is 25.8 Å². The fourth-order valence-corrected chi connectivity index (χ4v) is 3.10. The number of pyridine rings is 1. The number of carbonyl (C=O) groups is 1. The Labute approximate surface area is 125 Å². The first-order valence-electron chi connectivity index (χ1n) is 7.73. The van der Waals surface area contributed by atoms with Crippen LogP contribution in [0.15, 0.2) is 18.3 Å². The van der Waals surface area contributed by atoms with Gasteiger partial charge in [-0.25, -0.2) is 0 Å². The molecule has 0 N–H and O–H groups in total. The Morgan fingerprint density at radius 1 is 1.33 bits per heavy atom. The van der Waals surface area contributed by atoms with E-state index in [4.69, 9.17) is 4.74 Å². The number of likely N-dealkylation sites (tertiary alicyclic amines) is 1. The van der Waals surface area contributed by atoms with E-state index >= 15 is 0 Å². The highest BCUT2D eigenvalue weighted by Gasteiger charge is 2.30. The minimum Gasteiger partial charge on any atom is -0.379 e. The molecule has 21 heavy (non-hydrogen) atoms. The molecule has 1 aromatic heterocycles. The zero-order chi connectivity index (χ0) is 14.7. The monoisotopic (exact) mass is 289 g/mol. The van der Waals surface area contributed by atoms with Crippen LogP contribution in [0.3, 0.4) is 0 Å². The Balaban J connectivity index is 1.53. The molecule has 5 nitrogen and oxygen atoms in total. The van der Waals surface area contributed by atoms with Crippen molar-refractivity contribution in [1.82, 2.24) is 14.8 Å². The summed E-state index contributed by atoms with van der Waals surface area (Å²) in [6, 6.07) is 4.47. The first-order chi connectivity index (χ1) is 10.2. The quantitative estimate of drug-likeness (QED) is 0.828. The van der Waals surface area contributed by atoms with Crippen LogP contribution in [-0.2, 0) is 16.0 Å². The first-order valence-corrected chi connectivity index (χ1v) is 7.73. The maximum atomic E-state index is 12.4. The van der Waals surface area contributed by atoms with E-state index in [0.717, 1.165) is 57.1 Å². The summed E-state index contributed by atoms with van der Waals surface area (Å²) in [4.78, 5) is 21.1. The second-order valence-electron chi connectivity index (χ2n) is 5.92. The second-order valence-corrected chi connectivity index (χ2v) is 5.92. The van der Waals surface area contributed by atoms with Gasteiger partial charge in [0, 0.05) is 44.1 Å². The lowest BCUT2D eigenvalue weighted by Crippen LogP contribution is -2.45. The van der Waals surface area contributed by atoms with Crippen molar-refractivity contribution in [3.05, 3.63) is 29.6 Å². The van der Waals surface area contributed by atoms with Crippen molar-refractivity contribution in [2.75, 3.05) is 39.4 Å². The predicted octanol–water partition coefficient (Wildman–Crippen LogP) is 0.866. The molecule has 2 aliphatic heterocycles. The lowest BCUT2D eigenvalue weighted by molar-refractivity contribution is -0.129. The summed E-state index contributed by atoms with van der Waals surface area (Å²) in [5.74, 6) is 0.219. The van der Waals surface area contributed by atoms with E-state index in [1.165, 1.54) is 0 Å². The summed E-state index contributed by atoms with van der Waals surface area (Å²) in [7, 11) is 0. The molecule has 3 heterocycles. The molecule has 1 atom stereocenters. The number of rotatable bonds is 3. The minimum absolute atomic E-state index is 0.219. The van der Waals surface area contributed by atoms with Crippen molar-refractivity contribution < 1.29 is 9.53 Å². The lowest BCUT2D eigenvalue weighted by atomic mass is 10.2. The van der Waals surface area contributed by atoms with Crippen LogP contribution in [-0.4, -0.2) is 66.1 Å². The van der Waals surface area contributed by atoms with E-state index in [-0.39, 0.29) is 5.91 Å². The van der Waals surface area contributed by atoms with Gasteiger partial charge >= 0.3 is 0 Å². The summed E-state index contributed by atoms with van der Waals surface area (Å²) in [5, 5.41) is 0. The Morgan fingerprint density at radius 3 is 2.86 bits per heavy atom. The lowest BCUT2D eigenvalue weighted by Gasteiger charge is -2.32. The minimum atomic E-state index is 0.219. The van der Waals surface area contributed by atoms with Crippen molar-refractivity contribution in [3.8, 4) is 0 Å². The number of amides is 1. The van der Waals surface area contributed by atoms with Gasteiger partial charge in [-0.15, -0.1) is 0 Å². The molecule has 0 radical (unpaired) electrons. The van der Waals surface area contributed by atoms with Crippen molar-refractivity contribution in [1.29, 1.82) is 0 Å². The maximum absolute atomic E-state index is 12.4. The van der Waals surface area contributed by atoms with E-state index in [2.05, 4.69) is 9.88 Å². The molecular weight excluding hydrogens is 266 g/mol. The highest BCUT2D eigenvalue weighted by Crippen LogP contribution is 2.18. The summed E-state index contributed by atoms with van der Waals surface area (Å²) in [5.41, 5.74) is 1.99. The van der Waals surface area contributed by atoms with Gasteiger partial charge in [-0.2, -0.15) is 0 Å². The number of ether oxygens (including phenoxy) is 1. The van der Waals surface area contributed by atoms with Crippen LogP contribution in [0.5, 0.6) is 0 Å². The molecule has 0 aromatic carbocycles. The topological polar surface area (TPSA) is 45.7 Å². The van der Waals surface area contributed by atoms with Crippen LogP contribution in [0.2, 0.25) is 0 Å². The molecule has 1 aromatic rings. The van der Waals surface area contributed by atoms with Crippen LogP contribution in [0, 0.1) is 6.92 Å². The van der Waals surface area contributed by atoms with Gasteiger partial charge < -0.3 is 9.64 Å². The highest BCUT2D eigenvalue weighted by molar-refractivity contribution is 5.79. The average Bonchev–Trinajstić information content (AvgIpc) is 3.00. The summed E-state index contributed by atoms with van der Waals surface area (Å²) >= 11 is 0. The number of morpholine rings is 1. The van der Waals surface area contributed by atoms with E-state index in [1.807, 2.05) is 30.2 Å². The molecule has 2 fully saturated rings. The average molecular weight is 289 g/mol. The molecule has 0 saturated carbocycles. The number of hydrogen-bond acceptors (Lipinski definition) is 4. The van der Waals surface area contributed by atoms with Gasteiger partial charge in [0.15, 0.2) is 0 Å². The number of hydrogen-bond donors (Lipinski definition) is 0. The predicted molar refractivity (Wildman–Crippen MR) is 80.1 cm³/mol. The second kappa shape index (κ2) is 6.54. The fraction of sp³-hybridized carbons (Fsp3) is 0.625. The molecule has 0 spiro atoms. The van der Waals surface area contributed by atoms with E-state index in [0.29, 0.717) is 12.5 Å². The van der Waals surface area contributed by atoms with Gasteiger partial charge in [0.2, 0.25) is 5.91 Å². The molecule has 0 bridgehead atoms. The molecule has 1 unspecified atom stereocenters. The molecule has 114 valence electrons. The SMILES string of the molecule is Cc1ccc(CC(=O)N2CCC(N3CCOCC3)C2)cn1. The first kappa shape index (κ1) is 14.5. The van der Waals surface area contributed by atoms with Gasteiger partial charge in [0.1, 0.15) is 0 Å². The fourth-order valence-electron chi connectivity index (χ4n) is 3.10. The Hall–Kier alpha value is -1.46. The number of aryl methyl sites for hydroxylation is 1. The van der Waals surface area contributed by atoms with Crippen molar-refractivity contribution >= 4 is 5.91 Å².